The Morgan fingerprint density at radius 3 is 2.73 bits per heavy atom. The van der Waals surface area contributed by atoms with Crippen LogP contribution in [0.5, 0.6) is 11.5 Å². The highest BCUT2D eigenvalue weighted by atomic mass is 35.5. The molecule has 0 saturated heterocycles. The molecule has 0 radical (unpaired) electrons. The lowest BCUT2D eigenvalue weighted by Gasteiger charge is -2.30. The van der Waals surface area contributed by atoms with E-state index >= 15 is 0 Å². The molecular weight excluding hydrogens is 423 g/mol. The van der Waals surface area contributed by atoms with E-state index in [1.807, 2.05) is 11.9 Å². The van der Waals surface area contributed by atoms with Gasteiger partial charge in [0.25, 0.3) is 0 Å². The summed E-state index contributed by atoms with van der Waals surface area (Å²) in [5.41, 5.74) is 1.61. The van der Waals surface area contributed by atoms with Crippen molar-refractivity contribution in [3.63, 3.8) is 0 Å². The summed E-state index contributed by atoms with van der Waals surface area (Å²) in [6.45, 7) is 1.37. The number of alkyl halides is 3. The van der Waals surface area contributed by atoms with Crippen LogP contribution in [0.4, 0.5) is 18.9 Å². The third kappa shape index (κ3) is 3.38. The van der Waals surface area contributed by atoms with Crippen molar-refractivity contribution in [2.45, 2.75) is 25.6 Å². The Bertz CT molecular complexity index is 1130. The van der Waals surface area contributed by atoms with Crippen molar-refractivity contribution in [3.8, 4) is 22.9 Å². The molecule has 5 rings (SSSR count). The van der Waals surface area contributed by atoms with Crippen molar-refractivity contribution in [1.29, 1.82) is 0 Å². The minimum absolute atomic E-state index is 0.210. The molecule has 30 heavy (non-hydrogen) atoms. The largest absolute Gasteiger partial charge is 0.573 e. The Morgan fingerprint density at radius 2 is 2.00 bits per heavy atom. The van der Waals surface area contributed by atoms with Gasteiger partial charge in [-0.3, -0.25) is 0 Å². The van der Waals surface area contributed by atoms with E-state index in [2.05, 4.69) is 20.0 Å². The summed E-state index contributed by atoms with van der Waals surface area (Å²) in [6.07, 6.45) is -1.54. The van der Waals surface area contributed by atoms with Gasteiger partial charge in [-0.15, -0.1) is 28.5 Å². The fourth-order valence-corrected chi connectivity index (χ4v) is 4.25. The minimum Gasteiger partial charge on any atom is -0.487 e. The summed E-state index contributed by atoms with van der Waals surface area (Å²) in [5, 5.41) is 12.9. The molecule has 1 fully saturated rings. The predicted octanol–water partition coefficient (Wildman–Crippen LogP) is 4.34. The second-order valence-corrected chi connectivity index (χ2v) is 8.12. The molecule has 0 atom stereocenters. The molecule has 2 aliphatic rings. The molecule has 1 spiro atoms. The van der Waals surface area contributed by atoms with E-state index < -0.39 is 6.36 Å². The maximum absolute atomic E-state index is 12.6. The van der Waals surface area contributed by atoms with Gasteiger partial charge in [-0.1, -0.05) is 23.7 Å². The van der Waals surface area contributed by atoms with Gasteiger partial charge >= 0.3 is 6.36 Å². The SMILES string of the molecule is CN1CC2(CCOc3c1c(Cl)nn1c(-c4cccc(OC(F)(F)F)c4)nnc31)CC2. The van der Waals surface area contributed by atoms with Crippen LogP contribution in [-0.2, 0) is 0 Å². The average Bonchev–Trinajstić information content (AvgIpc) is 3.27. The number of halogens is 4. The normalized spacial score (nSPS) is 18.0. The van der Waals surface area contributed by atoms with Gasteiger partial charge in [-0.25, -0.2) is 0 Å². The zero-order valence-electron chi connectivity index (χ0n) is 15.9. The lowest BCUT2D eigenvalue weighted by atomic mass is 10.0. The van der Waals surface area contributed by atoms with Gasteiger partial charge < -0.3 is 14.4 Å². The van der Waals surface area contributed by atoms with Gasteiger partial charge in [0, 0.05) is 19.2 Å². The van der Waals surface area contributed by atoms with Crippen LogP contribution in [-0.4, -0.2) is 46.4 Å². The first kappa shape index (κ1) is 19.2. The van der Waals surface area contributed by atoms with Crippen molar-refractivity contribution in [2.75, 3.05) is 25.1 Å². The number of hydrogen-bond donors (Lipinski definition) is 0. The molecule has 158 valence electrons. The first-order valence-corrected chi connectivity index (χ1v) is 9.78. The molecule has 3 heterocycles. The summed E-state index contributed by atoms with van der Waals surface area (Å²) < 4.78 is 49.1. The zero-order valence-corrected chi connectivity index (χ0v) is 16.7. The van der Waals surface area contributed by atoms with Crippen LogP contribution in [0.3, 0.4) is 0 Å². The molecular formula is C19H17ClF3N5O2. The summed E-state index contributed by atoms with van der Waals surface area (Å²) in [4.78, 5) is 2.03. The van der Waals surface area contributed by atoms with E-state index in [0.29, 0.717) is 29.3 Å². The molecule has 7 nitrogen and oxygen atoms in total. The highest BCUT2D eigenvalue weighted by Crippen LogP contribution is 2.52. The highest BCUT2D eigenvalue weighted by molar-refractivity contribution is 6.32. The number of anilines is 1. The maximum atomic E-state index is 12.6. The number of benzene rings is 1. The van der Waals surface area contributed by atoms with Crippen molar-refractivity contribution in [1.82, 2.24) is 19.8 Å². The van der Waals surface area contributed by atoms with Gasteiger partial charge in [-0.2, -0.15) is 4.52 Å². The van der Waals surface area contributed by atoms with E-state index in [-0.39, 0.29) is 22.1 Å². The van der Waals surface area contributed by atoms with E-state index in [9.17, 15) is 13.2 Å². The van der Waals surface area contributed by atoms with Crippen LogP contribution in [0.2, 0.25) is 5.15 Å². The fourth-order valence-electron chi connectivity index (χ4n) is 3.94. The molecule has 0 amide bonds. The number of hydrogen-bond acceptors (Lipinski definition) is 6. The molecule has 0 N–H and O–H groups in total. The number of rotatable bonds is 2. The molecule has 1 aromatic carbocycles. The molecule has 1 saturated carbocycles. The zero-order chi connectivity index (χ0) is 21.1. The monoisotopic (exact) mass is 439 g/mol. The van der Waals surface area contributed by atoms with E-state index in [0.717, 1.165) is 25.8 Å². The molecule has 3 aromatic rings. The molecule has 0 unspecified atom stereocenters. The molecule has 2 aromatic heterocycles. The molecule has 1 aliphatic heterocycles. The summed E-state index contributed by atoms with van der Waals surface area (Å²) in [6, 6.07) is 5.46. The van der Waals surface area contributed by atoms with Crippen LogP contribution in [0.15, 0.2) is 24.3 Å². The third-order valence-corrected chi connectivity index (χ3v) is 5.81. The summed E-state index contributed by atoms with van der Waals surface area (Å²) >= 11 is 6.51. The van der Waals surface area contributed by atoms with Gasteiger partial charge in [0.2, 0.25) is 5.65 Å². The third-order valence-electron chi connectivity index (χ3n) is 5.56. The number of aromatic nitrogens is 4. The smallest absolute Gasteiger partial charge is 0.487 e. The first-order chi connectivity index (χ1) is 14.2. The molecule has 0 bridgehead atoms. The van der Waals surface area contributed by atoms with E-state index in [4.69, 9.17) is 16.3 Å². The van der Waals surface area contributed by atoms with Gasteiger partial charge in [0.05, 0.1) is 6.61 Å². The van der Waals surface area contributed by atoms with E-state index in [1.54, 1.807) is 6.07 Å². The summed E-state index contributed by atoms with van der Waals surface area (Å²) in [5.74, 6) is 0.337. The lowest BCUT2D eigenvalue weighted by Crippen LogP contribution is -2.31. The average molecular weight is 440 g/mol. The molecule has 1 aliphatic carbocycles. The van der Waals surface area contributed by atoms with Crippen LogP contribution in [0.1, 0.15) is 19.3 Å². The van der Waals surface area contributed by atoms with Gasteiger partial charge in [0.1, 0.15) is 11.4 Å². The van der Waals surface area contributed by atoms with Crippen molar-refractivity contribution in [3.05, 3.63) is 29.4 Å². The Morgan fingerprint density at radius 1 is 1.20 bits per heavy atom. The van der Waals surface area contributed by atoms with Gasteiger partial charge in [0.15, 0.2) is 16.7 Å². The fraction of sp³-hybridized carbons (Fsp3) is 0.421. The second-order valence-electron chi connectivity index (χ2n) is 7.76. The highest BCUT2D eigenvalue weighted by Gasteiger charge is 2.45. The Labute approximate surface area is 174 Å². The Balaban J connectivity index is 1.59. The minimum atomic E-state index is -4.79. The topological polar surface area (TPSA) is 64.8 Å². The van der Waals surface area contributed by atoms with Gasteiger partial charge in [-0.05, 0) is 36.8 Å². The van der Waals surface area contributed by atoms with Crippen LogP contribution < -0.4 is 14.4 Å². The maximum Gasteiger partial charge on any atom is 0.573 e. The van der Waals surface area contributed by atoms with E-state index in [1.165, 1.54) is 22.7 Å². The summed E-state index contributed by atoms with van der Waals surface area (Å²) in [7, 11) is 1.94. The number of fused-ring (bicyclic) bond motifs is 3. The number of nitrogens with zero attached hydrogens (tertiary/aromatic N) is 5. The van der Waals surface area contributed by atoms with Crippen LogP contribution in [0, 0.1) is 5.41 Å². The van der Waals surface area contributed by atoms with Crippen molar-refractivity contribution in [2.24, 2.45) is 5.41 Å². The first-order valence-electron chi connectivity index (χ1n) is 9.40. The second kappa shape index (κ2) is 6.63. The van der Waals surface area contributed by atoms with Crippen molar-refractivity contribution < 1.29 is 22.6 Å². The quantitative estimate of drug-likeness (QED) is 0.591. The number of ether oxygens (including phenoxy) is 2. The predicted molar refractivity (Wildman–Crippen MR) is 103 cm³/mol. The standard InChI is InChI=1S/C19H17ClF3N5O2/c1-27-10-18(5-6-18)7-8-29-14-13(27)15(20)26-28-16(24-25-17(14)28)11-3-2-4-12(9-11)30-19(21,22)23/h2-4,9H,5-8,10H2,1H3. The van der Waals surface area contributed by atoms with Crippen molar-refractivity contribution >= 4 is 22.9 Å². The molecule has 11 heteroatoms. The van der Waals surface area contributed by atoms with Crippen LogP contribution in [0.25, 0.3) is 17.0 Å². The lowest BCUT2D eigenvalue weighted by molar-refractivity contribution is -0.274. The van der Waals surface area contributed by atoms with Crippen LogP contribution >= 0.6 is 11.6 Å². The Kier molecular flexibility index (Phi) is 4.25. The Hall–Kier alpha value is -2.75.